The molecule has 2 bridgehead atoms. The molecular formula is C15H20FN. The predicted molar refractivity (Wildman–Crippen MR) is 67.0 cm³/mol. The molecule has 0 aromatic heterocycles. The van der Waals surface area contributed by atoms with Crippen LogP contribution in [0.3, 0.4) is 0 Å². The monoisotopic (exact) mass is 233 g/mol. The lowest BCUT2D eigenvalue weighted by atomic mass is 9.81. The SMILES string of the molecule is NC(Cc1ccccc1F)C1CC2CCC1C2. The van der Waals surface area contributed by atoms with Crippen molar-refractivity contribution in [2.75, 3.05) is 0 Å². The van der Waals surface area contributed by atoms with Gasteiger partial charge in [-0.2, -0.15) is 0 Å². The highest BCUT2D eigenvalue weighted by molar-refractivity contribution is 5.19. The van der Waals surface area contributed by atoms with E-state index in [1.54, 1.807) is 6.07 Å². The molecule has 2 aliphatic rings. The number of hydrogen-bond donors (Lipinski definition) is 1. The third-order valence-electron chi connectivity index (χ3n) is 4.76. The standard InChI is InChI=1S/C15H20FN/c16-14-4-2-1-3-12(14)9-15(17)13-8-10-5-6-11(13)7-10/h1-4,10-11,13,15H,5-9,17H2. The quantitative estimate of drug-likeness (QED) is 0.852. The Balaban J connectivity index is 1.68. The van der Waals surface area contributed by atoms with Crippen molar-refractivity contribution in [1.29, 1.82) is 0 Å². The van der Waals surface area contributed by atoms with Crippen LogP contribution >= 0.6 is 0 Å². The van der Waals surface area contributed by atoms with Crippen molar-refractivity contribution in [3.8, 4) is 0 Å². The third kappa shape index (κ3) is 2.11. The van der Waals surface area contributed by atoms with Gasteiger partial charge in [-0.25, -0.2) is 4.39 Å². The summed E-state index contributed by atoms with van der Waals surface area (Å²) in [6, 6.07) is 7.17. The summed E-state index contributed by atoms with van der Waals surface area (Å²) >= 11 is 0. The van der Waals surface area contributed by atoms with Crippen molar-refractivity contribution in [1.82, 2.24) is 0 Å². The van der Waals surface area contributed by atoms with Gasteiger partial charge in [0, 0.05) is 6.04 Å². The lowest BCUT2D eigenvalue weighted by Gasteiger charge is -2.27. The van der Waals surface area contributed by atoms with E-state index in [4.69, 9.17) is 5.73 Å². The summed E-state index contributed by atoms with van der Waals surface area (Å²) in [5.74, 6) is 2.26. The summed E-state index contributed by atoms with van der Waals surface area (Å²) in [5, 5.41) is 0. The van der Waals surface area contributed by atoms with E-state index < -0.39 is 0 Å². The van der Waals surface area contributed by atoms with Gasteiger partial charge in [0.2, 0.25) is 0 Å². The van der Waals surface area contributed by atoms with E-state index in [2.05, 4.69) is 0 Å². The molecule has 0 saturated heterocycles. The summed E-state index contributed by atoms with van der Waals surface area (Å²) in [4.78, 5) is 0. The number of halogens is 1. The van der Waals surface area contributed by atoms with E-state index in [1.807, 2.05) is 12.1 Å². The minimum atomic E-state index is -0.105. The molecule has 2 saturated carbocycles. The maximum atomic E-state index is 13.6. The lowest BCUT2D eigenvalue weighted by Crippen LogP contribution is -2.35. The Morgan fingerprint density at radius 2 is 2.06 bits per heavy atom. The molecule has 0 aliphatic heterocycles. The molecule has 2 aliphatic carbocycles. The molecule has 4 unspecified atom stereocenters. The van der Waals surface area contributed by atoms with E-state index in [9.17, 15) is 4.39 Å². The Kier molecular flexibility index (Phi) is 2.91. The van der Waals surface area contributed by atoms with Gasteiger partial charge in [0.05, 0.1) is 0 Å². The van der Waals surface area contributed by atoms with Crippen molar-refractivity contribution in [2.45, 2.75) is 38.1 Å². The largest absolute Gasteiger partial charge is 0.327 e. The van der Waals surface area contributed by atoms with Crippen LogP contribution in [0.5, 0.6) is 0 Å². The van der Waals surface area contributed by atoms with Gasteiger partial charge in [-0.15, -0.1) is 0 Å². The van der Waals surface area contributed by atoms with Crippen LogP contribution < -0.4 is 5.73 Å². The van der Waals surface area contributed by atoms with Crippen LogP contribution in [-0.4, -0.2) is 6.04 Å². The molecule has 92 valence electrons. The van der Waals surface area contributed by atoms with E-state index in [1.165, 1.54) is 31.7 Å². The molecule has 2 heteroatoms. The molecule has 1 nitrogen and oxygen atoms in total. The normalized spacial score (nSPS) is 32.9. The molecule has 4 atom stereocenters. The fraction of sp³-hybridized carbons (Fsp3) is 0.600. The topological polar surface area (TPSA) is 26.0 Å². The van der Waals surface area contributed by atoms with Gasteiger partial charge in [0.15, 0.2) is 0 Å². The molecule has 2 fully saturated rings. The smallest absolute Gasteiger partial charge is 0.126 e. The maximum Gasteiger partial charge on any atom is 0.126 e. The number of nitrogens with two attached hydrogens (primary N) is 1. The van der Waals surface area contributed by atoms with Crippen LogP contribution in [0.15, 0.2) is 24.3 Å². The molecule has 2 N–H and O–H groups in total. The molecule has 0 spiro atoms. The average molecular weight is 233 g/mol. The Hall–Kier alpha value is -0.890. The van der Waals surface area contributed by atoms with Gasteiger partial charge in [-0.3, -0.25) is 0 Å². The number of rotatable bonds is 3. The minimum Gasteiger partial charge on any atom is -0.327 e. The Bertz CT molecular complexity index is 404. The zero-order chi connectivity index (χ0) is 11.8. The van der Waals surface area contributed by atoms with Crippen LogP contribution in [0.2, 0.25) is 0 Å². The first-order valence-corrected chi connectivity index (χ1v) is 6.73. The highest BCUT2D eigenvalue weighted by Gasteiger charge is 2.41. The van der Waals surface area contributed by atoms with Crippen molar-refractivity contribution in [3.05, 3.63) is 35.6 Å². The van der Waals surface area contributed by atoms with Gasteiger partial charge >= 0.3 is 0 Å². The fourth-order valence-corrected chi connectivity index (χ4v) is 3.89. The average Bonchev–Trinajstić information content (AvgIpc) is 2.94. The summed E-state index contributed by atoms with van der Waals surface area (Å²) in [6.45, 7) is 0. The van der Waals surface area contributed by atoms with E-state index >= 15 is 0 Å². The molecule has 1 aromatic carbocycles. The minimum absolute atomic E-state index is 0.105. The second-order valence-corrected chi connectivity index (χ2v) is 5.80. The van der Waals surface area contributed by atoms with Crippen LogP contribution in [0.25, 0.3) is 0 Å². The Morgan fingerprint density at radius 1 is 1.24 bits per heavy atom. The summed E-state index contributed by atoms with van der Waals surface area (Å²) in [7, 11) is 0. The number of hydrogen-bond acceptors (Lipinski definition) is 1. The first kappa shape index (κ1) is 11.2. The molecule has 0 heterocycles. The molecule has 3 rings (SSSR count). The zero-order valence-electron chi connectivity index (χ0n) is 10.1. The van der Waals surface area contributed by atoms with Gasteiger partial charge in [-0.1, -0.05) is 24.6 Å². The molecule has 0 amide bonds. The lowest BCUT2D eigenvalue weighted by molar-refractivity contribution is 0.279. The first-order valence-electron chi connectivity index (χ1n) is 6.73. The number of fused-ring (bicyclic) bond motifs is 2. The van der Waals surface area contributed by atoms with Crippen LogP contribution in [-0.2, 0) is 6.42 Å². The van der Waals surface area contributed by atoms with Crippen molar-refractivity contribution in [3.63, 3.8) is 0 Å². The first-order chi connectivity index (χ1) is 8.24. The van der Waals surface area contributed by atoms with E-state index in [0.29, 0.717) is 12.3 Å². The van der Waals surface area contributed by atoms with Crippen LogP contribution in [0.1, 0.15) is 31.2 Å². The highest BCUT2D eigenvalue weighted by Crippen LogP contribution is 2.49. The summed E-state index contributed by atoms with van der Waals surface area (Å²) < 4.78 is 13.6. The molecule has 0 radical (unpaired) electrons. The Morgan fingerprint density at radius 3 is 2.71 bits per heavy atom. The van der Waals surface area contributed by atoms with Crippen molar-refractivity contribution in [2.24, 2.45) is 23.5 Å². The zero-order valence-corrected chi connectivity index (χ0v) is 10.1. The highest BCUT2D eigenvalue weighted by atomic mass is 19.1. The fourth-order valence-electron chi connectivity index (χ4n) is 3.89. The van der Waals surface area contributed by atoms with E-state index in [0.717, 1.165) is 17.4 Å². The maximum absolute atomic E-state index is 13.6. The molecule has 1 aromatic rings. The predicted octanol–water partition coefficient (Wildman–Crippen LogP) is 3.13. The van der Waals surface area contributed by atoms with Crippen molar-refractivity contribution < 1.29 is 4.39 Å². The van der Waals surface area contributed by atoms with Crippen LogP contribution in [0.4, 0.5) is 4.39 Å². The van der Waals surface area contributed by atoms with Gasteiger partial charge < -0.3 is 5.73 Å². The Labute approximate surface area is 102 Å². The third-order valence-corrected chi connectivity index (χ3v) is 4.76. The second kappa shape index (κ2) is 4.41. The van der Waals surface area contributed by atoms with Gasteiger partial charge in [0.25, 0.3) is 0 Å². The summed E-state index contributed by atoms with van der Waals surface area (Å²) in [6.07, 6.45) is 6.09. The van der Waals surface area contributed by atoms with Crippen LogP contribution in [0, 0.1) is 23.6 Å². The summed E-state index contributed by atoms with van der Waals surface area (Å²) in [5.41, 5.74) is 7.08. The number of benzene rings is 1. The molecule has 17 heavy (non-hydrogen) atoms. The second-order valence-electron chi connectivity index (χ2n) is 5.80. The van der Waals surface area contributed by atoms with Gasteiger partial charge in [0.1, 0.15) is 5.82 Å². The molecular weight excluding hydrogens is 213 g/mol. The van der Waals surface area contributed by atoms with Gasteiger partial charge in [-0.05, 0) is 55.1 Å². The van der Waals surface area contributed by atoms with E-state index in [-0.39, 0.29) is 11.9 Å². The van der Waals surface area contributed by atoms with Crippen molar-refractivity contribution >= 4 is 0 Å².